The van der Waals surface area contributed by atoms with E-state index in [1.54, 1.807) is 6.20 Å². The lowest BCUT2D eigenvalue weighted by Crippen LogP contribution is -2.40. The van der Waals surface area contributed by atoms with Crippen LogP contribution in [0.2, 0.25) is 0 Å². The highest BCUT2D eigenvalue weighted by atomic mass is 15.2. The van der Waals surface area contributed by atoms with Gasteiger partial charge >= 0.3 is 0 Å². The average molecular weight is 258 g/mol. The minimum Gasteiger partial charge on any atom is -0.354 e. The van der Waals surface area contributed by atoms with Gasteiger partial charge in [0, 0.05) is 25.3 Å². The molecule has 1 N–H and O–H groups in total. The van der Waals surface area contributed by atoms with Crippen LogP contribution in [0.25, 0.3) is 0 Å². The Morgan fingerprint density at radius 1 is 1.58 bits per heavy atom. The number of aromatic nitrogens is 1. The Morgan fingerprint density at radius 3 is 3.05 bits per heavy atom. The number of pyridine rings is 1. The van der Waals surface area contributed by atoms with Gasteiger partial charge in [0.1, 0.15) is 11.9 Å². The molecule has 1 aromatic rings. The van der Waals surface area contributed by atoms with Gasteiger partial charge in [-0.15, -0.1) is 0 Å². The minimum atomic E-state index is 0.521. The van der Waals surface area contributed by atoms with Crippen LogP contribution in [0, 0.1) is 17.2 Å². The SMILES string of the molecule is CC(C)CN(CC1CCCN1)c1ncccc1C#N. The van der Waals surface area contributed by atoms with E-state index in [4.69, 9.17) is 0 Å². The lowest BCUT2D eigenvalue weighted by Gasteiger charge is -2.29. The van der Waals surface area contributed by atoms with E-state index in [0.29, 0.717) is 17.5 Å². The Labute approximate surface area is 115 Å². The summed E-state index contributed by atoms with van der Waals surface area (Å²) in [4.78, 5) is 6.68. The monoisotopic (exact) mass is 258 g/mol. The molecule has 0 bridgehead atoms. The smallest absolute Gasteiger partial charge is 0.146 e. The molecule has 0 radical (unpaired) electrons. The highest BCUT2D eigenvalue weighted by Gasteiger charge is 2.21. The molecule has 0 spiro atoms. The number of anilines is 1. The van der Waals surface area contributed by atoms with Crippen molar-refractivity contribution in [2.24, 2.45) is 5.92 Å². The van der Waals surface area contributed by atoms with Crippen molar-refractivity contribution >= 4 is 5.82 Å². The molecule has 0 saturated carbocycles. The Balaban J connectivity index is 2.18. The van der Waals surface area contributed by atoms with Crippen LogP contribution in [-0.4, -0.2) is 30.7 Å². The molecule has 1 aliphatic heterocycles. The van der Waals surface area contributed by atoms with Gasteiger partial charge in [0.25, 0.3) is 0 Å². The number of nitrogens with zero attached hydrogens (tertiary/aromatic N) is 3. The Hall–Kier alpha value is -1.60. The van der Waals surface area contributed by atoms with Gasteiger partial charge < -0.3 is 10.2 Å². The first kappa shape index (κ1) is 13.8. The van der Waals surface area contributed by atoms with E-state index in [1.807, 2.05) is 12.1 Å². The lowest BCUT2D eigenvalue weighted by atomic mass is 10.1. The fraction of sp³-hybridized carbons (Fsp3) is 0.600. The summed E-state index contributed by atoms with van der Waals surface area (Å²) in [6, 6.07) is 6.44. The van der Waals surface area contributed by atoms with Crippen molar-refractivity contribution in [1.82, 2.24) is 10.3 Å². The molecule has 2 heterocycles. The second kappa shape index (κ2) is 6.53. The number of rotatable bonds is 5. The zero-order valence-corrected chi connectivity index (χ0v) is 11.8. The van der Waals surface area contributed by atoms with E-state index >= 15 is 0 Å². The number of nitrogens with one attached hydrogen (secondary N) is 1. The average Bonchev–Trinajstić information content (AvgIpc) is 2.90. The highest BCUT2D eigenvalue weighted by molar-refractivity contribution is 5.53. The number of nitriles is 1. The molecule has 102 valence electrons. The summed E-state index contributed by atoms with van der Waals surface area (Å²) in [6.45, 7) is 7.37. The second-order valence-corrected chi connectivity index (χ2v) is 5.58. The van der Waals surface area contributed by atoms with E-state index in [9.17, 15) is 5.26 Å². The topological polar surface area (TPSA) is 52.0 Å². The zero-order valence-electron chi connectivity index (χ0n) is 11.8. The van der Waals surface area contributed by atoms with Crippen LogP contribution in [0.1, 0.15) is 32.3 Å². The molecule has 1 unspecified atom stereocenters. The van der Waals surface area contributed by atoms with Gasteiger partial charge in [-0.25, -0.2) is 4.98 Å². The van der Waals surface area contributed by atoms with Crippen molar-refractivity contribution in [3.63, 3.8) is 0 Å². The summed E-state index contributed by atoms with van der Waals surface area (Å²) < 4.78 is 0. The third-order valence-corrected chi connectivity index (χ3v) is 3.40. The first-order valence-electron chi connectivity index (χ1n) is 7.04. The summed E-state index contributed by atoms with van der Waals surface area (Å²) >= 11 is 0. The first-order chi connectivity index (χ1) is 9.20. The molecule has 1 atom stereocenters. The van der Waals surface area contributed by atoms with Crippen LogP contribution in [0.5, 0.6) is 0 Å². The predicted octanol–water partition coefficient (Wildman–Crippen LogP) is 2.17. The highest BCUT2D eigenvalue weighted by Crippen LogP contribution is 2.19. The third-order valence-electron chi connectivity index (χ3n) is 3.40. The van der Waals surface area contributed by atoms with Crippen molar-refractivity contribution in [3.05, 3.63) is 23.9 Å². The maximum absolute atomic E-state index is 9.23. The first-order valence-corrected chi connectivity index (χ1v) is 7.04. The van der Waals surface area contributed by atoms with Crippen molar-refractivity contribution in [1.29, 1.82) is 5.26 Å². The molecule has 0 aliphatic carbocycles. The van der Waals surface area contributed by atoms with E-state index in [0.717, 1.165) is 25.5 Å². The molecule has 1 saturated heterocycles. The van der Waals surface area contributed by atoms with E-state index in [-0.39, 0.29) is 0 Å². The molecule has 4 nitrogen and oxygen atoms in total. The molecular weight excluding hydrogens is 236 g/mol. The van der Waals surface area contributed by atoms with Gasteiger partial charge in [0.15, 0.2) is 0 Å². The van der Waals surface area contributed by atoms with Crippen LogP contribution in [-0.2, 0) is 0 Å². The zero-order chi connectivity index (χ0) is 13.7. The van der Waals surface area contributed by atoms with Gasteiger partial charge in [-0.2, -0.15) is 5.26 Å². The molecule has 0 amide bonds. The van der Waals surface area contributed by atoms with Crippen LogP contribution < -0.4 is 10.2 Å². The summed E-state index contributed by atoms with van der Waals surface area (Å²) in [5.74, 6) is 1.38. The maximum Gasteiger partial charge on any atom is 0.146 e. The standard InChI is InChI=1S/C15H22N4/c1-12(2)10-19(11-14-6-4-7-17-14)15-13(9-16)5-3-8-18-15/h3,5,8,12,14,17H,4,6-7,10-11H2,1-2H3. The van der Waals surface area contributed by atoms with Crippen molar-refractivity contribution in [2.45, 2.75) is 32.7 Å². The van der Waals surface area contributed by atoms with Gasteiger partial charge in [0.05, 0.1) is 5.56 Å². The van der Waals surface area contributed by atoms with Crippen LogP contribution >= 0.6 is 0 Å². The largest absolute Gasteiger partial charge is 0.354 e. The molecule has 2 rings (SSSR count). The Kier molecular flexibility index (Phi) is 4.75. The van der Waals surface area contributed by atoms with E-state index in [2.05, 4.69) is 35.1 Å². The summed E-state index contributed by atoms with van der Waals surface area (Å²) in [5.41, 5.74) is 0.668. The van der Waals surface area contributed by atoms with Crippen molar-refractivity contribution in [3.8, 4) is 6.07 Å². The Bertz CT molecular complexity index is 444. The third kappa shape index (κ3) is 3.68. The van der Waals surface area contributed by atoms with Crippen LogP contribution in [0.15, 0.2) is 18.3 Å². The predicted molar refractivity (Wildman–Crippen MR) is 77.0 cm³/mol. The fourth-order valence-electron chi connectivity index (χ4n) is 2.60. The van der Waals surface area contributed by atoms with Crippen LogP contribution in [0.4, 0.5) is 5.82 Å². The molecule has 0 aromatic carbocycles. The van der Waals surface area contributed by atoms with Crippen LogP contribution in [0.3, 0.4) is 0 Å². The van der Waals surface area contributed by atoms with E-state index in [1.165, 1.54) is 12.8 Å². The number of hydrogen-bond donors (Lipinski definition) is 1. The molecule has 4 heteroatoms. The van der Waals surface area contributed by atoms with Gasteiger partial charge in [-0.05, 0) is 37.4 Å². The van der Waals surface area contributed by atoms with E-state index < -0.39 is 0 Å². The quantitative estimate of drug-likeness (QED) is 0.879. The van der Waals surface area contributed by atoms with Gasteiger partial charge in [-0.1, -0.05) is 13.8 Å². The minimum absolute atomic E-state index is 0.521. The summed E-state index contributed by atoms with van der Waals surface area (Å²) in [7, 11) is 0. The molecule has 1 aliphatic rings. The van der Waals surface area contributed by atoms with Crippen molar-refractivity contribution in [2.75, 3.05) is 24.5 Å². The number of hydrogen-bond acceptors (Lipinski definition) is 4. The lowest BCUT2D eigenvalue weighted by molar-refractivity contribution is 0.537. The molecular formula is C15H22N4. The summed E-state index contributed by atoms with van der Waals surface area (Å²) in [6.07, 6.45) is 4.22. The summed E-state index contributed by atoms with van der Waals surface area (Å²) in [5, 5.41) is 12.7. The normalized spacial score (nSPS) is 18.5. The van der Waals surface area contributed by atoms with Crippen molar-refractivity contribution < 1.29 is 0 Å². The molecule has 1 fully saturated rings. The molecule has 19 heavy (non-hydrogen) atoms. The maximum atomic E-state index is 9.23. The fourth-order valence-corrected chi connectivity index (χ4v) is 2.60. The van der Waals surface area contributed by atoms with Gasteiger partial charge in [0.2, 0.25) is 0 Å². The Morgan fingerprint density at radius 2 is 2.42 bits per heavy atom. The second-order valence-electron chi connectivity index (χ2n) is 5.58. The van der Waals surface area contributed by atoms with Gasteiger partial charge in [-0.3, -0.25) is 0 Å². The molecule has 1 aromatic heterocycles.